The predicted molar refractivity (Wildman–Crippen MR) is 142 cm³/mol. The van der Waals surface area contributed by atoms with Gasteiger partial charge in [-0.1, -0.05) is 71.2 Å². The van der Waals surface area contributed by atoms with E-state index in [2.05, 4.69) is 16.5 Å². The summed E-state index contributed by atoms with van der Waals surface area (Å²) in [5, 5.41) is 19.0. The lowest BCUT2D eigenvalue weighted by atomic mass is 10.1. The molecule has 0 saturated carbocycles. The van der Waals surface area contributed by atoms with Crippen molar-refractivity contribution in [2.24, 2.45) is 0 Å². The SMILES string of the molecule is CC(C)(Oc1ccccc1Cl)C(=O)NCc1nn(-c2ccccc2Cl)c(-c2ccc(Cl)cc2)c1C#N. The van der Waals surface area contributed by atoms with E-state index in [4.69, 9.17) is 39.5 Å². The number of amides is 1. The lowest BCUT2D eigenvalue weighted by Crippen LogP contribution is -2.46. The molecule has 0 fully saturated rings. The molecule has 0 atom stereocenters. The van der Waals surface area contributed by atoms with Crippen molar-refractivity contribution < 1.29 is 9.53 Å². The van der Waals surface area contributed by atoms with Gasteiger partial charge in [-0.25, -0.2) is 4.68 Å². The molecule has 0 aliphatic carbocycles. The molecule has 4 rings (SSSR count). The Morgan fingerprint density at radius 3 is 2.28 bits per heavy atom. The molecule has 182 valence electrons. The number of nitrogens with zero attached hydrogens (tertiary/aromatic N) is 3. The molecule has 6 nitrogen and oxygen atoms in total. The first-order valence-electron chi connectivity index (χ1n) is 11.0. The monoisotopic (exact) mass is 538 g/mol. The molecule has 0 bridgehead atoms. The predicted octanol–water partition coefficient (Wildman–Crippen LogP) is 6.84. The molecule has 9 heteroatoms. The van der Waals surface area contributed by atoms with E-state index >= 15 is 0 Å². The fraction of sp³-hybridized carbons (Fsp3) is 0.148. The zero-order chi connectivity index (χ0) is 25.9. The molecule has 0 aliphatic rings. The summed E-state index contributed by atoms with van der Waals surface area (Å²) in [4.78, 5) is 13.0. The quantitative estimate of drug-likeness (QED) is 0.279. The van der Waals surface area contributed by atoms with E-state index in [0.717, 1.165) is 5.56 Å². The number of ether oxygens (including phenoxy) is 1. The highest BCUT2D eigenvalue weighted by molar-refractivity contribution is 6.32. The van der Waals surface area contributed by atoms with Gasteiger partial charge in [0.25, 0.3) is 5.91 Å². The summed E-state index contributed by atoms with van der Waals surface area (Å²) in [5.41, 5.74) is 1.32. The maximum atomic E-state index is 13.0. The zero-order valence-electron chi connectivity index (χ0n) is 19.4. The number of rotatable bonds is 7. The molecule has 36 heavy (non-hydrogen) atoms. The number of hydrogen-bond donors (Lipinski definition) is 1. The van der Waals surface area contributed by atoms with Crippen LogP contribution in [-0.4, -0.2) is 21.3 Å². The Morgan fingerprint density at radius 1 is 1.00 bits per heavy atom. The first-order valence-corrected chi connectivity index (χ1v) is 12.1. The Kier molecular flexibility index (Phi) is 7.56. The summed E-state index contributed by atoms with van der Waals surface area (Å²) in [7, 11) is 0. The van der Waals surface area contributed by atoms with Crippen molar-refractivity contribution in [3.63, 3.8) is 0 Å². The molecule has 1 N–H and O–H groups in total. The second kappa shape index (κ2) is 10.6. The van der Waals surface area contributed by atoms with Crippen LogP contribution in [-0.2, 0) is 11.3 Å². The van der Waals surface area contributed by atoms with Gasteiger partial charge < -0.3 is 10.1 Å². The van der Waals surface area contributed by atoms with Gasteiger partial charge in [-0.15, -0.1) is 0 Å². The molecule has 0 radical (unpaired) electrons. The molecular formula is C27H21Cl3N4O2. The van der Waals surface area contributed by atoms with E-state index in [1.807, 2.05) is 12.1 Å². The highest BCUT2D eigenvalue weighted by Crippen LogP contribution is 2.32. The fourth-order valence-corrected chi connectivity index (χ4v) is 4.12. The highest BCUT2D eigenvalue weighted by Gasteiger charge is 2.31. The lowest BCUT2D eigenvalue weighted by molar-refractivity contribution is -0.134. The molecule has 4 aromatic rings. The maximum Gasteiger partial charge on any atom is 0.263 e. The van der Waals surface area contributed by atoms with Gasteiger partial charge in [0.2, 0.25) is 0 Å². The van der Waals surface area contributed by atoms with Gasteiger partial charge >= 0.3 is 0 Å². The number of para-hydroxylation sites is 2. The number of halogens is 3. The van der Waals surface area contributed by atoms with Gasteiger partial charge in [0, 0.05) is 10.6 Å². The van der Waals surface area contributed by atoms with Gasteiger partial charge in [0.05, 0.1) is 28.0 Å². The third kappa shape index (κ3) is 5.34. The Bertz CT molecular complexity index is 1460. The average Bonchev–Trinajstić information content (AvgIpc) is 3.22. The van der Waals surface area contributed by atoms with Crippen molar-refractivity contribution in [2.45, 2.75) is 26.0 Å². The van der Waals surface area contributed by atoms with Crippen molar-refractivity contribution in [1.82, 2.24) is 15.1 Å². The first kappa shape index (κ1) is 25.6. The molecule has 0 aliphatic heterocycles. The van der Waals surface area contributed by atoms with Gasteiger partial charge in [0.15, 0.2) is 5.60 Å². The van der Waals surface area contributed by atoms with Crippen molar-refractivity contribution in [3.8, 4) is 28.8 Å². The Balaban J connectivity index is 1.68. The highest BCUT2D eigenvalue weighted by atomic mass is 35.5. The normalized spacial score (nSPS) is 11.1. The van der Waals surface area contributed by atoms with Crippen molar-refractivity contribution >= 4 is 40.7 Å². The summed E-state index contributed by atoms with van der Waals surface area (Å²) in [5.74, 6) is -0.00306. The van der Waals surface area contributed by atoms with E-state index in [-0.39, 0.29) is 6.54 Å². The second-order valence-corrected chi connectivity index (χ2v) is 9.63. The number of carbonyl (C=O) groups is 1. The van der Waals surface area contributed by atoms with Gasteiger partial charge in [0.1, 0.15) is 23.1 Å². The first-order chi connectivity index (χ1) is 17.2. The number of nitriles is 1. The standard InChI is InChI=1S/C27H21Cl3N4O2/c1-27(2,36-24-10-6-4-8-21(24)30)26(35)32-16-22-19(15-31)25(17-11-13-18(28)14-12-17)34(33-22)23-9-5-3-7-20(23)29/h3-14H,16H2,1-2H3,(H,32,35). The van der Waals surface area contributed by atoms with Gasteiger partial charge in [-0.05, 0) is 50.2 Å². The Morgan fingerprint density at radius 2 is 1.64 bits per heavy atom. The zero-order valence-corrected chi connectivity index (χ0v) is 21.7. The van der Waals surface area contributed by atoms with Crippen LogP contribution >= 0.6 is 34.8 Å². The second-order valence-electron chi connectivity index (χ2n) is 8.38. The van der Waals surface area contributed by atoms with E-state index in [1.54, 1.807) is 79.2 Å². The van der Waals surface area contributed by atoms with E-state index < -0.39 is 11.5 Å². The van der Waals surface area contributed by atoms with Crippen LogP contribution < -0.4 is 10.1 Å². The Labute approximate surface area is 224 Å². The van der Waals surface area contributed by atoms with Crippen LogP contribution in [0.2, 0.25) is 15.1 Å². The number of hydrogen-bond acceptors (Lipinski definition) is 4. The summed E-state index contributed by atoms with van der Waals surface area (Å²) >= 11 is 18.7. The van der Waals surface area contributed by atoms with Gasteiger partial charge in [-0.3, -0.25) is 4.79 Å². The van der Waals surface area contributed by atoms with Crippen LogP contribution in [0, 0.1) is 11.3 Å². The third-order valence-corrected chi connectivity index (χ3v) is 6.32. The molecule has 1 aromatic heterocycles. The van der Waals surface area contributed by atoms with Crippen molar-refractivity contribution in [2.75, 3.05) is 0 Å². The smallest absolute Gasteiger partial charge is 0.263 e. The Hall–Kier alpha value is -3.50. The number of aromatic nitrogens is 2. The van der Waals surface area contributed by atoms with Crippen LogP contribution in [0.4, 0.5) is 0 Å². The minimum Gasteiger partial charge on any atom is -0.476 e. The average molecular weight is 540 g/mol. The van der Waals surface area contributed by atoms with E-state index in [9.17, 15) is 10.1 Å². The summed E-state index contributed by atoms with van der Waals surface area (Å²) in [6.07, 6.45) is 0. The molecule has 1 heterocycles. The maximum absolute atomic E-state index is 13.0. The molecule has 0 unspecified atom stereocenters. The summed E-state index contributed by atoms with van der Waals surface area (Å²) < 4.78 is 7.48. The van der Waals surface area contributed by atoms with E-state index in [1.165, 1.54) is 0 Å². The van der Waals surface area contributed by atoms with Gasteiger partial charge in [-0.2, -0.15) is 10.4 Å². The molecule has 0 spiro atoms. The van der Waals surface area contributed by atoms with Crippen LogP contribution in [0.1, 0.15) is 25.1 Å². The summed E-state index contributed by atoms with van der Waals surface area (Å²) in [6, 6.07) is 23.4. The largest absolute Gasteiger partial charge is 0.476 e. The van der Waals surface area contributed by atoms with Crippen molar-refractivity contribution in [3.05, 3.63) is 99.1 Å². The lowest BCUT2D eigenvalue weighted by Gasteiger charge is -2.25. The van der Waals surface area contributed by atoms with Crippen LogP contribution in [0.3, 0.4) is 0 Å². The van der Waals surface area contributed by atoms with E-state index in [0.29, 0.717) is 43.5 Å². The van der Waals surface area contributed by atoms with Crippen LogP contribution in [0.15, 0.2) is 72.8 Å². The minimum atomic E-state index is -1.23. The molecule has 1 amide bonds. The number of nitrogens with one attached hydrogen (secondary N) is 1. The number of carbonyl (C=O) groups excluding carboxylic acids is 1. The number of benzene rings is 3. The minimum absolute atomic E-state index is 0.00488. The third-order valence-electron chi connectivity index (χ3n) is 5.43. The molecular weight excluding hydrogens is 519 g/mol. The fourth-order valence-electron chi connectivity index (χ4n) is 3.60. The molecule has 3 aromatic carbocycles. The molecule has 0 saturated heterocycles. The topological polar surface area (TPSA) is 79.9 Å². The van der Waals surface area contributed by atoms with Crippen LogP contribution in [0.25, 0.3) is 16.9 Å². The van der Waals surface area contributed by atoms with Crippen molar-refractivity contribution in [1.29, 1.82) is 5.26 Å². The van der Waals surface area contributed by atoms with Crippen LogP contribution in [0.5, 0.6) is 5.75 Å². The summed E-state index contributed by atoms with van der Waals surface area (Å²) in [6.45, 7) is 3.27.